The van der Waals surface area contributed by atoms with Gasteiger partial charge in [-0.15, -0.1) is 6.61 Å². The smallest absolute Gasteiger partial charge is 0.0784 e. The Morgan fingerprint density at radius 1 is 1.30 bits per heavy atom. The number of quaternary nitrogens is 1. The predicted octanol–water partition coefficient (Wildman–Crippen LogP) is -0.167. The summed E-state index contributed by atoms with van der Waals surface area (Å²) >= 11 is 0. The van der Waals surface area contributed by atoms with E-state index in [1.54, 1.807) is 0 Å². The quantitative estimate of drug-likeness (QED) is 0.467. The van der Waals surface area contributed by atoms with Crippen molar-refractivity contribution in [2.24, 2.45) is 5.92 Å². The third kappa shape index (κ3) is 1.96. The number of nitrogens with zero attached hydrogens (tertiary/aromatic N) is 1. The summed E-state index contributed by atoms with van der Waals surface area (Å²) in [6.45, 7) is 2.51. The van der Waals surface area contributed by atoms with Crippen LogP contribution in [0.2, 0.25) is 0 Å². The first kappa shape index (κ1) is 8.02. The van der Waals surface area contributed by atoms with Crippen LogP contribution in [0.3, 0.4) is 0 Å². The number of piperidine rings is 1. The van der Waals surface area contributed by atoms with E-state index in [4.69, 9.17) is 0 Å². The van der Waals surface area contributed by atoms with Crippen LogP contribution in [-0.4, -0.2) is 38.3 Å². The third-order valence-electron chi connectivity index (χ3n) is 2.52. The number of hydrogen-bond donors (Lipinski definition) is 0. The Bertz CT molecular complexity index is 102. The van der Waals surface area contributed by atoms with Gasteiger partial charge >= 0.3 is 0 Å². The summed E-state index contributed by atoms with van der Waals surface area (Å²) in [5, 5.41) is 10.5. The highest BCUT2D eigenvalue weighted by Gasteiger charge is 2.23. The van der Waals surface area contributed by atoms with Gasteiger partial charge in [0.15, 0.2) is 0 Å². The summed E-state index contributed by atoms with van der Waals surface area (Å²) in [6, 6.07) is 0. The second kappa shape index (κ2) is 2.89. The summed E-state index contributed by atoms with van der Waals surface area (Å²) in [6.07, 6.45) is 2.27. The molecule has 1 heterocycles. The Morgan fingerprint density at radius 3 is 2.20 bits per heavy atom. The second-order valence-electron chi connectivity index (χ2n) is 3.99. The zero-order valence-electron chi connectivity index (χ0n) is 6.97. The van der Waals surface area contributed by atoms with Crippen LogP contribution in [0, 0.1) is 5.92 Å². The van der Waals surface area contributed by atoms with Crippen molar-refractivity contribution in [3.05, 3.63) is 0 Å². The van der Waals surface area contributed by atoms with Gasteiger partial charge < -0.3 is 9.59 Å². The van der Waals surface area contributed by atoms with Crippen molar-refractivity contribution in [1.82, 2.24) is 0 Å². The lowest BCUT2D eigenvalue weighted by Gasteiger charge is -2.38. The van der Waals surface area contributed by atoms with Crippen molar-refractivity contribution < 1.29 is 9.59 Å². The van der Waals surface area contributed by atoms with Gasteiger partial charge in [-0.05, 0) is 18.8 Å². The number of likely N-dealkylation sites (tertiary alicyclic amines) is 1. The van der Waals surface area contributed by atoms with Gasteiger partial charge in [0.2, 0.25) is 0 Å². The van der Waals surface area contributed by atoms with E-state index in [-0.39, 0.29) is 6.61 Å². The van der Waals surface area contributed by atoms with Crippen molar-refractivity contribution in [1.29, 1.82) is 0 Å². The monoisotopic (exact) mass is 143 g/mol. The van der Waals surface area contributed by atoms with Crippen LogP contribution in [0.25, 0.3) is 0 Å². The minimum Gasteiger partial charge on any atom is -0.854 e. The van der Waals surface area contributed by atoms with Gasteiger partial charge in [0, 0.05) is 0 Å². The highest BCUT2D eigenvalue weighted by molar-refractivity contribution is 4.61. The van der Waals surface area contributed by atoms with Crippen molar-refractivity contribution in [2.75, 3.05) is 33.8 Å². The standard InChI is InChI=1S/C8H17NO/c1-9(2)5-3-8(7-10)4-6-9/h8H,3-7H2,1-2H3. The zero-order valence-corrected chi connectivity index (χ0v) is 6.97. The Balaban J connectivity index is 2.31. The largest absolute Gasteiger partial charge is 0.854 e. The van der Waals surface area contributed by atoms with Crippen molar-refractivity contribution in [3.8, 4) is 0 Å². The molecule has 0 N–H and O–H groups in total. The van der Waals surface area contributed by atoms with Gasteiger partial charge in [0.25, 0.3) is 0 Å². The molecule has 0 amide bonds. The maximum absolute atomic E-state index is 10.5. The summed E-state index contributed by atoms with van der Waals surface area (Å²) in [5.41, 5.74) is 0. The Hall–Kier alpha value is -0.0800. The lowest BCUT2D eigenvalue weighted by Crippen LogP contribution is -2.47. The molecule has 0 bridgehead atoms. The van der Waals surface area contributed by atoms with Crippen molar-refractivity contribution >= 4 is 0 Å². The fourth-order valence-corrected chi connectivity index (χ4v) is 1.49. The summed E-state index contributed by atoms with van der Waals surface area (Å²) < 4.78 is 1.11. The molecule has 0 aromatic rings. The van der Waals surface area contributed by atoms with Crippen LogP contribution in [0.15, 0.2) is 0 Å². The average Bonchev–Trinajstić information content (AvgIpc) is 1.88. The molecule has 0 aromatic carbocycles. The highest BCUT2D eigenvalue weighted by Crippen LogP contribution is 2.18. The molecule has 1 rings (SSSR count). The second-order valence-corrected chi connectivity index (χ2v) is 3.99. The summed E-state index contributed by atoms with van der Waals surface area (Å²) in [7, 11) is 4.47. The van der Waals surface area contributed by atoms with Crippen molar-refractivity contribution in [3.63, 3.8) is 0 Å². The molecule has 2 heteroatoms. The lowest BCUT2D eigenvalue weighted by atomic mass is 9.97. The van der Waals surface area contributed by atoms with Crippen molar-refractivity contribution in [2.45, 2.75) is 12.8 Å². The number of hydrogen-bond acceptors (Lipinski definition) is 1. The molecule has 60 valence electrons. The first-order valence-corrected chi connectivity index (χ1v) is 4.04. The molecule has 0 saturated carbocycles. The van der Waals surface area contributed by atoms with Gasteiger partial charge in [-0.3, -0.25) is 0 Å². The SMILES string of the molecule is C[N+]1(C)CCC(C[O-])CC1. The first-order valence-electron chi connectivity index (χ1n) is 4.04. The summed E-state index contributed by atoms with van der Waals surface area (Å²) in [5.74, 6) is 0.478. The van der Waals surface area contributed by atoms with Crippen LogP contribution in [-0.2, 0) is 0 Å². The van der Waals surface area contributed by atoms with E-state index in [0.717, 1.165) is 17.3 Å². The molecule has 0 unspecified atom stereocenters. The molecule has 0 atom stereocenters. The van der Waals surface area contributed by atoms with E-state index < -0.39 is 0 Å². The molecular formula is C8H17NO. The average molecular weight is 143 g/mol. The molecule has 1 saturated heterocycles. The highest BCUT2D eigenvalue weighted by atomic mass is 16.3. The van der Waals surface area contributed by atoms with Gasteiger partial charge in [-0.25, -0.2) is 0 Å². The van der Waals surface area contributed by atoms with E-state index >= 15 is 0 Å². The van der Waals surface area contributed by atoms with Gasteiger partial charge in [-0.1, -0.05) is 0 Å². The predicted molar refractivity (Wildman–Crippen MR) is 39.4 cm³/mol. The number of rotatable bonds is 1. The Kier molecular flexibility index (Phi) is 2.32. The molecule has 0 aliphatic carbocycles. The Labute approximate surface area is 63.1 Å². The fraction of sp³-hybridized carbons (Fsp3) is 1.00. The maximum atomic E-state index is 10.5. The molecule has 1 aliphatic rings. The van der Waals surface area contributed by atoms with E-state index in [2.05, 4.69) is 14.1 Å². The minimum atomic E-state index is 0.139. The van der Waals surface area contributed by atoms with E-state index in [0.29, 0.717) is 5.92 Å². The van der Waals surface area contributed by atoms with Gasteiger partial charge in [-0.2, -0.15) is 0 Å². The third-order valence-corrected chi connectivity index (χ3v) is 2.52. The fourth-order valence-electron chi connectivity index (χ4n) is 1.49. The van der Waals surface area contributed by atoms with Gasteiger partial charge in [0.05, 0.1) is 27.2 Å². The molecule has 10 heavy (non-hydrogen) atoms. The Morgan fingerprint density at radius 2 is 1.80 bits per heavy atom. The molecule has 1 fully saturated rings. The topological polar surface area (TPSA) is 23.1 Å². The van der Waals surface area contributed by atoms with Gasteiger partial charge in [0.1, 0.15) is 0 Å². The van der Waals surface area contributed by atoms with Crippen LogP contribution in [0.4, 0.5) is 0 Å². The molecule has 0 aromatic heterocycles. The van der Waals surface area contributed by atoms with Crippen LogP contribution in [0.1, 0.15) is 12.8 Å². The lowest BCUT2D eigenvalue weighted by molar-refractivity contribution is -0.896. The molecular weight excluding hydrogens is 126 g/mol. The van der Waals surface area contributed by atoms with E-state index in [1.807, 2.05) is 0 Å². The van der Waals surface area contributed by atoms with Crippen LogP contribution in [0.5, 0.6) is 0 Å². The van der Waals surface area contributed by atoms with E-state index in [1.165, 1.54) is 13.1 Å². The molecule has 0 spiro atoms. The van der Waals surface area contributed by atoms with E-state index in [9.17, 15) is 5.11 Å². The normalized spacial score (nSPS) is 26.7. The zero-order chi connectivity index (χ0) is 7.61. The molecule has 0 radical (unpaired) electrons. The van der Waals surface area contributed by atoms with Crippen LogP contribution >= 0.6 is 0 Å². The minimum absolute atomic E-state index is 0.139. The van der Waals surface area contributed by atoms with Crippen LogP contribution < -0.4 is 5.11 Å². The molecule has 2 nitrogen and oxygen atoms in total. The molecule has 1 aliphatic heterocycles. The maximum Gasteiger partial charge on any atom is 0.0784 e. The summed E-state index contributed by atoms with van der Waals surface area (Å²) in [4.78, 5) is 0. The first-order chi connectivity index (χ1) is 4.64.